The number of rotatable bonds is 6. The van der Waals surface area contributed by atoms with Gasteiger partial charge in [0.05, 0.1) is 28.8 Å². The van der Waals surface area contributed by atoms with Gasteiger partial charge in [0.1, 0.15) is 0 Å². The fraction of sp³-hybridized carbons (Fsp3) is 0.143. The molecule has 0 aliphatic rings. The largest absolute Gasteiger partial charge is 0.302 e. The smallest absolute Gasteiger partial charge is 0.232 e. The standard InChI is InChI=1S/C21H18N4O2S2/c1-13-7-8-16-17(9-13)29-21(23-16)25-19(27)11-15-12-28-20(22-15)24-18(26)10-14-5-3-2-4-6-14/h2-9,12H,10-11H2,1H3,(H,22,24,26)(H,23,25,27). The molecule has 0 atom stereocenters. The van der Waals surface area contributed by atoms with Crippen LogP contribution in [0.2, 0.25) is 0 Å². The number of aromatic nitrogens is 2. The number of hydrogen-bond acceptors (Lipinski definition) is 6. The van der Waals surface area contributed by atoms with Crippen LogP contribution in [0.1, 0.15) is 16.8 Å². The molecule has 2 aromatic carbocycles. The molecule has 2 amide bonds. The maximum atomic E-state index is 12.3. The molecular formula is C21H18N4O2S2. The van der Waals surface area contributed by atoms with Gasteiger partial charge in [0.25, 0.3) is 0 Å². The highest BCUT2D eigenvalue weighted by molar-refractivity contribution is 7.22. The molecule has 0 spiro atoms. The van der Waals surface area contributed by atoms with Crippen LogP contribution in [0.4, 0.5) is 10.3 Å². The summed E-state index contributed by atoms with van der Waals surface area (Å²) in [4.78, 5) is 33.2. The van der Waals surface area contributed by atoms with E-state index in [1.807, 2.05) is 55.5 Å². The first-order valence-electron chi connectivity index (χ1n) is 9.00. The molecule has 4 aromatic rings. The molecule has 146 valence electrons. The third kappa shape index (κ3) is 5.04. The summed E-state index contributed by atoms with van der Waals surface area (Å²) in [7, 11) is 0. The summed E-state index contributed by atoms with van der Waals surface area (Å²) in [5.41, 5.74) is 3.57. The molecule has 0 aliphatic carbocycles. The van der Waals surface area contributed by atoms with Crippen LogP contribution in [0.15, 0.2) is 53.9 Å². The summed E-state index contributed by atoms with van der Waals surface area (Å²) in [6.45, 7) is 2.02. The third-order valence-electron chi connectivity index (χ3n) is 4.14. The topological polar surface area (TPSA) is 84.0 Å². The van der Waals surface area contributed by atoms with E-state index in [0.29, 0.717) is 16.0 Å². The molecule has 0 fully saturated rings. The molecule has 0 saturated carbocycles. The number of carbonyl (C=O) groups excluding carboxylic acids is 2. The van der Waals surface area contributed by atoms with Gasteiger partial charge in [-0.3, -0.25) is 9.59 Å². The fourth-order valence-electron chi connectivity index (χ4n) is 2.80. The summed E-state index contributed by atoms with van der Waals surface area (Å²) in [6.07, 6.45) is 0.410. The average molecular weight is 423 g/mol. The van der Waals surface area contributed by atoms with Crippen LogP contribution in [0, 0.1) is 6.92 Å². The van der Waals surface area contributed by atoms with Crippen LogP contribution in [-0.2, 0) is 22.4 Å². The molecule has 2 heterocycles. The van der Waals surface area contributed by atoms with Crippen molar-refractivity contribution in [2.45, 2.75) is 19.8 Å². The molecule has 0 radical (unpaired) electrons. The third-order valence-corrected chi connectivity index (χ3v) is 5.88. The number of hydrogen-bond donors (Lipinski definition) is 2. The van der Waals surface area contributed by atoms with Crippen LogP contribution in [-0.4, -0.2) is 21.8 Å². The lowest BCUT2D eigenvalue weighted by molar-refractivity contribution is -0.116. The summed E-state index contributed by atoms with van der Waals surface area (Å²) < 4.78 is 1.04. The quantitative estimate of drug-likeness (QED) is 0.482. The van der Waals surface area contributed by atoms with Gasteiger partial charge in [-0.25, -0.2) is 9.97 Å². The monoisotopic (exact) mass is 422 g/mol. The molecular weight excluding hydrogens is 404 g/mol. The van der Waals surface area contributed by atoms with Gasteiger partial charge in [-0.1, -0.05) is 47.7 Å². The molecule has 0 aliphatic heterocycles. The fourth-order valence-corrected chi connectivity index (χ4v) is 4.51. The van der Waals surface area contributed by atoms with Crippen LogP contribution in [0.25, 0.3) is 10.2 Å². The van der Waals surface area contributed by atoms with E-state index in [0.717, 1.165) is 21.3 Å². The first-order valence-corrected chi connectivity index (χ1v) is 10.7. The van der Waals surface area contributed by atoms with Crippen LogP contribution in [0.3, 0.4) is 0 Å². The molecule has 6 nitrogen and oxygen atoms in total. The zero-order valence-electron chi connectivity index (χ0n) is 15.6. The van der Waals surface area contributed by atoms with Crippen molar-refractivity contribution in [1.29, 1.82) is 0 Å². The maximum Gasteiger partial charge on any atom is 0.232 e. The second-order valence-electron chi connectivity index (χ2n) is 6.57. The highest BCUT2D eigenvalue weighted by atomic mass is 32.1. The molecule has 2 N–H and O–H groups in total. The molecule has 0 bridgehead atoms. The Labute approximate surface area is 175 Å². The number of thiazole rings is 2. The van der Waals surface area contributed by atoms with Crippen molar-refractivity contribution >= 4 is 55.0 Å². The van der Waals surface area contributed by atoms with Gasteiger partial charge in [0, 0.05) is 5.38 Å². The van der Waals surface area contributed by atoms with Crippen molar-refractivity contribution in [2.75, 3.05) is 10.6 Å². The van der Waals surface area contributed by atoms with Crippen molar-refractivity contribution in [3.8, 4) is 0 Å². The number of nitrogens with one attached hydrogen (secondary N) is 2. The van der Waals surface area contributed by atoms with E-state index in [-0.39, 0.29) is 24.7 Å². The molecule has 2 aromatic heterocycles. The van der Waals surface area contributed by atoms with Crippen LogP contribution < -0.4 is 10.6 Å². The zero-order chi connectivity index (χ0) is 20.2. The normalized spacial score (nSPS) is 10.8. The molecule has 0 unspecified atom stereocenters. The number of benzene rings is 2. The van der Waals surface area contributed by atoms with E-state index in [4.69, 9.17) is 0 Å². The lowest BCUT2D eigenvalue weighted by Gasteiger charge is -2.02. The summed E-state index contributed by atoms with van der Waals surface area (Å²) >= 11 is 2.75. The van der Waals surface area contributed by atoms with Crippen LogP contribution >= 0.6 is 22.7 Å². The average Bonchev–Trinajstić information content (AvgIpc) is 3.28. The van der Waals surface area contributed by atoms with Gasteiger partial charge < -0.3 is 10.6 Å². The van der Waals surface area contributed by atoms with Crippen molar-refractivity contribution < 1.29 is 9.59 Å². The lowest BCUT2D eigenvalue weighted by Crippen LogP contribution is -2.15. The Hall–Kier alpha value is -3.10. The van der Waals surface area contributed by atoms with Crippen molar-refractivity contribution in [3.05, 3.63) is 70.7 Å². The first-order chi connectivity index (χ1) is 14.0. The minimum atomic E-state index is -0.187. The second-order valence-corrected chi connectivity index (χ2v) is 8.46. The van der Waals surface area contributed by atoms with Gasteiger partial charge in [-0.05, 0) is 30.2 Å². The molecule has 8 heteroatoms. The van der Waals surface area contributed by atoms with Gasteiger partial charge in [-0.2, -0.15) is 0 Å². The Bertz CT molecular complexity index is 1170. The Balaban J connectivity index is 1.33. The van der Waals surface area contributed by atoms with Gasteiger partial charge in [-0.15, -0.1) is 11.3 Å². The zero-order valence-corrected chi connectivity index (χ0v) is 17.3. The molecule has 29 heavy (non-hydrogen) atoms. The Morgan fingerprint density at radius 2 is 1.69 bits per heavy atom. The van der Waals surface area contributed by atoms with E-state index in [1.165, 1.54) is 22.7 Å². The van der Waals surface area contributed by atoms with Crippen molar-refractivity contribution in [1.82, 2.24) is 9.97 Å². The minimum Gasteiger partial charge on any atom is -0.302 e. The highest BCUT2D eigenvalue weighted by Crippen LogP contribution is 2.27. The SMILES string of the molecule is Cc1ccc2nc(NC(=O)Cc3csc(NC(=O)Cc4ccccc4)n3)sc2c1. The van der Waals surface area contributed by atoms with Gasteiger partial charge in [0.2, 0.25) is 11.8 Å². The van der Waals surface area contributed by atoms with Crippen LogP contribution in [0.5, 0.6) is 0 Å². The molecule has 0 saturated heterocycles. The number of carbonyl (C=O) groups is 2. The van der Waals surface area contributed by atoms with Gasteiger partial charge >= 0.3 is 0 Å². The summed E-state index contributed by atoms with van der Waals surface area (Å²) in [5, 5.41) is 8.45. The predicted octanol–water partition coefficient (Wildman–Crippen LogP) is 4.42. The van der Waals surface area contributed by atoms with E-state index < -0.39 is 0 Å². The summed E-state index contributed by atoms with van der Waals surface area (Å²) in [6, 6.07) is 15.5. The Morgan fingerprint density at radius 1 is 0.931 bits per heavy atom. The Kier molecular flexibility index (Phi) is 5.64. The number of amides is 2. The van der Waals surface area contributed by atoms with E-state index >= 15 is 0 Å². The van der Waals surface area contributed by atoms with E-state index in [9.17, 15) is 9.59 Å². The Morgan fingerprint density at radius 3 is 2.52 bits per heavy atom. The van der Waals surface area contributed by atoms with Crippen molar-refractivity contribution in [3.63, 3.8) is 0 Å². The highest BCUT2D eigenvalue weighted by Gasteiger charge is 2.12. The number of anilines is 2. The second kappa shape index (κ2) is 8.50. The van der Waals surface area contributed by atoms with E-state index in [1.54, 1.807) is 5.38 Å². The number of nitrogens with zero attached hydrogens (tertiary/aromatic N) is 2. The lowest BCUT2D eigenvalue weighted by atomic mass is 10.1. The number of aryl methyl sites for hydroxylation is 1. The van der Waals surface area contributed by atoms with Crippen molar-refractivity contribution in [2.24, 2.45) is 0 Å². The summed E-state index contributed by atoms with van der Waals surface area (Å²) in [5.74, 6) is -0.320. The van der Waals surface area contributed by atoms with E-state index in [2.05, 4.69) is 20.6 Å². The minimum absolute atomic E-state index is 0.125. The van der Waals surface area contributed by atoms with Gasteiger partial charge in [0.15, 0.2) is 10.3 Å². The first kappa shape index (κ1) is 19.2. The molecule has 4 rings (SSSR count). The predicted molar refractivity (Wildman–Crippen MR) is 118 cm³/mol. The number of fused-ring (bicyclic) bond motifs is 1. The maximum absolute atomic E-state index is 12.3.